The van der Waals surface area contributed by atoms with E-state index in [1.165, 1.54) is 0 Å². The summed E-state index contributed by atoms with van der Waals surface area (Å²) in [5, 5.41) is 10.1. The van der Waals surface area contributed by atoms with Crippen molar-refractivity contribution in [1.29, 1.82) is 0 Å². The molecule has 100 valence electrons. The van der Waals surface area contributed by atoms with Gasteiger partial charge in [0.15, 0.2) is 0 Å². The van der Waals surface area contributed by atoms with Crippen LogP contribution in [0.15, 0.2) is 48.5 Å². The van der Waals surface area contributed by atoms with E-state index in [4.69, 9.17) is 22.1 Å². The summed E-state index contributed by atoms with van der Waals surface area (Å²) in [7, 11) is 0. The van der Waals surface area contributed by atoms with Crippen molar-refractivity contribution in [2.24, 2.45) is 5.73 Å². The lowest BCUT2D eigenvalue weighted by Gasteiger charge is -2.12. The van der Waals surface area contributed by atoms with E-state index in [0.29, 0.717) is 22.9 Å². The van der Waals surface area contributed by atoms with Gasteiger partial charge in [-0.3, -0.25) is 0 Å². The molecular weight excluding hydrogens is 262 g/mol. The number of benzene rings is 2. The molecule has 1 unspecified atom stereocenters. The van der Waals surface area contributed by atoms with Gasteiger partial charge in [-0.15, -0.1) is 0 Å². The molecule has 0 saturated carbocycles. The van der Waals surface area contributed by atoms with Gasteiger partial charge in [-0.2, -0.15) is 0 Å². The molecule has 19 heavy (non-hydrogen) atoms. The summed E-state index contributed by atoms with van der Waals surface area (Å²) >= 11 is 6.09. The third-order valence-electron chi connectivity index (χ3n) is 2.80. The highest BCUT2D eigenvalue weighted by molar-refractivity contribution is 6.31. The van der Waals surface area contributed by atoms with E-state index in [-0.39, 0.29) is 6.54 Å². The number of rotatable bonds is 5. The van der Waals surface area contributed by atoms with Crippen molar-refractivity contribution < 1.29 is 9.84 Å². The fourth-order valence-corrected chi connectivity index (χ4v) is 2.03. The largest absolute Gasteiger partial charge is 0.489 e. The Kier molecular flexibility index (Phi) is 4.80. The van der Waals surface area contributed by atoms with Crippen LogP contribution < -0.4 is 10.5 Å². The predicted molar refractivity (Wildman–Crippen MR) is 76.2 cm³/mol. The van der Waals surface area contributed by atoms with Gasteiger partial charge in [-0.1, -0.05) is 48.0 Å². The standard InChI is InChI=1S/C15H16ClNO2/c16-14-8-12(6-7-13(14)15(18)9-17)19-10-11-4-2-1-3-5-11/h1-8,15,18H,9-10,17H2. The van der Waals surface area contributed by atoms with E-state index in [2.05, 4.69) is 0 Å². The Hall–Kier alpha value is -1.55. The van der Waals surface area contributed by atoms with Crippen LogP contribution in [0.5, 0.6) is 5.75 Å². The van der Waals surface area contributed by atoms with Gasteiger partial charge in [0.2, 0.25) is 0 Å². The van der Waals surface area contributed by atoms with Gasteiger partial charge in [-0.05, 0) is 17.7 Å². The topological polar surface area (TPSA) is 55.5 Å². The molecule has 2 aromatic carbocycles. The number of hydrogen-bond donors (Lipinski definition) is 2. The Labute approximate surface area is 117 Å². The second kappa shape index (κ2) is 6.57. The van der Waals surface area contributed by atoms with Gasteiger partial charge in [-0.25, -0.2) is 0 Å². The Balaban J connectivity index is 2.04. The zero-order chi connectivity index (χ0) is 13.7. The average molecular weight is 278 g/mol. The lowest BCUT2D eigenvalue weighted by molar-refractivity contribution is 0.186. The number of nitrogens with two attached hydrogens (primary N) is 1. The highest BCUT2D eigenvalue weighted by Crippen LogP contribution is 2.27. The molecule has 0 heterocycles. The van der Waals surface area contributed by atoms with Gasteiger partial charge < -0.3 is 15.6 Å². The number of halogens is 1. The van der Waals surface area contributed by atoms with Crippen molar-refractivity contribution in [2.45, 2.75) is 12.7 Å². The van der Waals surface area contributed by atoms with E-state index in [9.17, 15) is 5.11 Å². The summed E-state index contributed by atoms with van der Waals surface area (Å²) in [5.41, 5.74) is 7.11. The third-order valence-corrected chi connectivity index (χ3v) is 3.13. The van der Waals surface area contributed by atoms with Crippen LogP contribution in [0.2, 0.25) is 5.02 Å². The number of ether oxygens (including phenoxy) is 1. The number of hydrogen-bond acceptors (Lipinski definition) is 3. The SMILES string of the molecule is NCC(O)c1ccc(OCc2ccccc2)cc1Cl. The molecule has 0 aromatic heterocycles. The van der Waals surface area contributed by atoms with Gasteiger partial charge in [0.1, 0.15) is 12.4 Å². The van der Waals surface area contributed by atoms with Gasteiger partial charge in [0, 0.05) is 12.1 Å². The minimum absolute atomic E-state index is 0.143. The Morgan fingerprint density at radius 1 is 1.16 bits per heavy atom. The second-order valence-electron chi connectivity index (χ2n) is 4.21. The summed E-state index contributed by atoms with van der Waals surface area (Å²) in [5.74, 6) is 0.668. The van der Waals surface area contributed by atoms with Crippen LogP contribution in [0.1, 0.15) is 17.2 Å². The van der Waals surface area contributed by atoms with Crippen LogP contribution in [0.3, 0.4) is 0 Å². The Morgan fingerprint density at radius 3 is 2.53 bits per heavy atom. The number of aliphatic hydroxyl groups excluding tert-OH is 1. The highest BCUT2D eigenvalue weighted by atomic mass is 35.5. The van der Waals surface area contributed by atoms with Crippen LogP contribution in [0.25, 0.3) is 0 Å². The zero-order valence-electron chi connectivity index (χ0n) is 10.4. The van der Waals surface area contributed by atoms with E-state index in [1.54, 1.807) is 18.2 Å². The molecule has 0 fully saturated rings. The Bertz CT molecular complexity index is 531. The first kappa shape index (κ1) is 13.9. The first-order chi connectivity index (χ1) is 9.20. The summed E-state index contributed by atoms with van der Waals surface area (Å²) in [6.45, 7) is 0.625. The molecule has 0 amide bonds. The maximum atomic E-state index is 9.66. The normalized spacial score (nSPS) is 12.2. The van der Waals surface area contributed by atoms with Crippen LogP contribution >= 0.6 is 11.6 Å². The van der Waals surface area contributed by atoms with E-state index in [1.807, 2.05) is 30.3 Å². The summed E-state index contributed by atoms with van der Waals surface area (Å²) in [6, 6.07) is 15.1. The lowest BCUT2D eigenvalue weighted by atomic mass is 10.1. The maximum Gasteiger partial charge on any atom is 0.121 e. The first-order valence-corrected chi connectivity index (χ1v) is 6.43. The van der Waals surface area contributed by atoms with Crippen LogP contribution in [0, 0.1) is 0 Å². The van der Waals surface area contributed by atoms with Crippen molar-refractivity contribution in [1.82, 2.24) is 0 Å². The van der Waals surface area contributed by atoms with Crippen molar-refractivity contribution in [3.8, 4) is 5.75 Å². The van der Waals surface area contributed by atoms with Crippen molar-refractivity contribution in [3.05, 3.63) is 64.7 Å². The maximum absolute atomic E-state index is 9.66. The molecule has 0 aliphatic carbocycles. The molecule has 0 aliphatic heterocycles. The zero-order valence-corrected chi connectivity index (χ0v) is 11.2. The van der Waals surface area contributed by atoms with Crippen molar-refractivity contribution in [3.63, 3.8) is 0 Å². The fraction of sp³-hybridized carbons (Fsp3) is 0.200. The molecule has 0 radical (unpaired) electrons. The summed E-state index contributed by atoms with van der Waals surface area (Å²) in [6.07, 6.45) is -0.740. The minimum atomic E-state index is -0.740. The number of aliphatic hydroxyl groups is 1. The van der Waals surface area contributed by atoms with Crippen molar-refractivity contribution in [2.75, 3.05) is 6.54 Å². The first-order valence-electron chi connectivity index (χ1n) is 6.05. The highest BCUT2D eigenvalue weighted by Gasteiger charge is 2.10. The molecule has 0 aliphatic rings. The van der Waals surface area contributed by atoms with Crippen LogP contribution in [-0.4, -0.2) is 11.7 Å². The minimum Gasteiger partial charge on any atom is -0.489 e. The molecule has 1 atom stereocenters. The Morgan fingerprint density at radius 2 is 1.89 bits per heavy atom. The predicted octanol–water partition coefficient (Wildman–Crippen LogP) is 2.91. The summed E-state index contributed by atoms with van der Waals surface area (Å²) < 4.78 is 5.64. The molecule has 4 heteroatoms. The average Bonchev–Trinajstić information content (AvgIpc) is 2.45. The summed E-state index contributed by atoms with van der Waals surface area (Å²) in [4.78, 5) is 0. The molecule has 0 bridgehead atoms. The molecule has 2 aromatic rings. The van der Waals surface area contributed by atoms with E-state index >= 15 is 0 Å². The molecule has 0 spiro atoms. The van der Waals surface area contributed by atoms with Gasteiger partial charge >= 0.3 is 0 Å². The molecule has 2 rings (SSSR count). The second-order valence-corrected chi connectivity index (χ2v) is 4.62. The van der Waals surface area contributed by atoms with E-state index in [0.717, 1.165) is 5.56 Å². The molecule has 3 N–H and O–H groups in total. The van der Waals surface area contributed by atoms with Gasteiger partial charge in [0.25, 0.3) is 0 Å². The van der Waals surface area contributed by atoms with Gasteiger partial charge in [0.05, 0.1) is 11.1 Å². The van der Waals surface area contributed by atoms with Crippen molar-refractivity contribution >= 4 is 11.6 Å². The van der Waals surface area contributed by atoms with Crippen LogP contribution in [-0.2, 0) is 6.61 Å². The molecular formula is C15H16ClNO2. The van der Waals surface area contributed by atoms with Crippen LogP contribution in [0.4, 0.5) is 0 Å². The smallest absolute Gasteiger partial charge is 0.121 e. The monoisotopic (exact) mass is 277 g/mol. The van der Waals surface area contributed by atoms with E-state index < -0.39 is 6.10 Å². The third kappa shape index (κ3) is 3.70. The molecule has 0 saturated heterocycles. The fourth-order valence-electron chi connectivity index (χ4n) is 1.74. The lowest BCUT2D eigenvalue weighted by Crippen LogP contribution is -2.11. The quantitative estimate of drug-likeness (QED) is 0.883. The molecule has 3 nitrogen and oxygen atoms in total.